The lowest BCUT2D eigenvalue weighted by Gasteiger charge is -2.09. The molecule has 1 fully saturated rings. The molecule has 1 saturated heterocycles. The minimum Gasteiger partial charge on any atom is -0.368 e. The fourth-order valence-electron chi connectivity index (χ4n) is 1.05. The number of nitrogens with zero attached hydrogens (tertiary/aromatic N) is 1. The molecule has 0 aliphatic carbocycles. The van der Waals surface area contributed by atoms with E-state index in [4.69, 9.17) is 5.73 Å². The maximum atomic E-state index is 10.3. The van der Waals surface area contributed by atoms with E-state index in [-0.39, 0.29) is 5.91 Å². The third kappa shape index (κ3) is 2.01. The molecule has 1 amide bonds. The summed E-state index contributed by atoms with van der Waals surface area (Å²) in [6.45, 7) is 3.46. The van der Waals surface area contributed by atoms with Gasteiger partial charge < -0.3 is 5.73 Å². The summed E-state index contributed by atoms with van der Waals surface area (Å²) in [7, 11) is 0. The molecule has 0 saturated carbocycles. The van der Waals surface area contributed by atoms with Crippen molar-refractivity contribution in [2.24, 2.45) is 5.73 Å². The monoisotopic (exact) mass is 127 g/mol. The molecule has 0 unspecified atom stereocenters. The van der Waals surface area contributed by atoms with Gasteiger partial charge in [0, 0.05) is 0 Å². The minimum absolute atomic E-state index is 0.336. The van der Waals surface area contributed by atoms with Gasteiger partial charge in [-0.15, -0.1) is 0 Å². The second-order valence-corrected chi connectivity index (χ2v) is 2.27. The van der Waals surface area contributed by atoms with E-state index in [1.165, 1.54) is 19.4 Å². The van der Waals surface area contributed by atoms with Gasteiger partial charge >= 0.3 is 0 Å². The topological polar surface area (TPSA) is 46.3 Å². The molecule has 0 aromatic carbocycles. The molecule has 51 valence electrons. The van der Waals surface area contributed by atoms with Gasteiger partial charge in [-0.25, -0.2) is 0 Å². The van der Waals surface area contributed by atoms with Crippen molar-refractivity contribution in [3.8, 4) is 0 Å². The average molecular weight is 127 g/mol. The number of hydrogen-bond acceptors (Lipinski definition) is 2. The quantitative estimate of drug-likeness (QED) is 0.555. The molecule has 0 bridgehead atoms. The van der Waals surface area contributed by atoms with Crippen LogP contribution < -0.4 is 5.73 Å². The number of rotatable bonds is 2. The Hall–Kier alpha value is -0.570. The average Bonchev–Trinajstić information content (AvgIpc) is 2.15. The Morgan fingerprint density at radius 3 is 2.44 bits per heavy atom. The molecule has 0 aromatic rings. The predicted molar refractivity (Wildman–Crippen MR) is 34.3 cm³/mol. The van der Waals surface area contributed by atoms with Gasteiger partial charge in [0.1, 0.15) is 6.54 Å². The maximum absolute atomic E-state index is 10.3. The van der Waals surface area contributed by atoms with Crippen LogP contribution in [0.15, 0.2) is 0 Å². The van der Waals surface area contributed by atoms with Crippen molar-refractivity contribution in [1.29, 1.82) is 0 Å². The van der Waals surface area contributed by atoms with Gasteiger partial charge in [-0.05, 0) is 25.9 Å². The lowest BCUT2D eigenvalue weighted by Crippen LogP contribution is -2.25. The van der Waals surface area contributed by atoms with Crippen LogP contribution in [0.1, 0.15) is 12.8 Å². The Bertz CT molecular complexity index is 108. The van der Waals surface area contributed by atoms with Crippen LogP contribution in [0.4, 0.5) is 0 Å². The van der Waals surface area contributed by atoms with Crippen molar-refractivity contribution in [3.63, 3.8) is 0 Å². The lowest BCUT2D eigenvalue weighted by molar-refractivity contribution is -0.116. The fraction of sp³-hybridized carbons (Fsp3) is 0.667. The summed E-state index contributed by atoms with van der Waals surface area (Å²) in [5.74, 6) is -0.336. The zero-order valence-corrected chi connectivity index (χ0v) is 5.34. The van der Waals surface area contributed by atoms with E-state index in [1.54, 1.807) is 0 Å². The fourth-order valence-corrected chi connectivity index (χ4v) is 1.05. The van der Waals surface area contributed by atoms with Gasteiger partial charge in [-0.1, -0.05) is 0 Å². The molecule has 9 heavy (non-hydrogen) atoms. The number of hydrogen-bond donors (Lipinski definition) is 1. The highest BCUT2D eigenvalue weighted by atomic mass is 16.1. The van der Waals surface area contributed by atoms with Crippen LogP contribution in [0.25, 0.3) is 0 Å². The smallest absolute Gasteiger partial charge is 0.236 e. The summed E-state index contributed by atoms with van der Waals surface area (Å²) < 4.78 is 0. The molecule has 1 rings (SSSR count). The molecule has 0 spiro atoms. The first kappa shape index (κ1) is 6.55. The number of primary amides is 1. The summed E-state index contributed by atoms with van der Waals surface area (Å²) in [4.78, 5) is 12.2. The molecule has 1 aliphatic heterocycles. The normalized spacial score (nSPS) is 20.4. The first-order valence-corrected chi connectivity index (χ1v) is 3.17. The van der Waals surface area contributed by atoms with Gasteiger partial charge in [-0.2, -0.15) is 0 Å². The van der Waals surface area contributed by atoms with Crippen molar-refractivity contribution in [1.82, 2.24) is 4.90 Å². The van der Waals surface area contributed by atoms with E-state index in [9.17, 15) is 4.79 Å². The van der Waals surface area contributed by atoms with Crippen molar-refractivity contribution < 1.29 is 4.79 Å². The van der Waals surface area contributed by atoms with Crippen LogP contribution in [-0.4, -0.2) is 23.9 Å². The summed E-state index contributed by atoms with van der Waals surface area (Å²) in [6.07, 6.45) is 2.37. The van der Waals surface area contributed by atoms with E-state index in [0.29, 0.717) is 0 Å². The van der Waals surface area contributed by atoms with Crippen LogP contribution in [0.2, 0.25) is 0 Å². The summed E-state index contributed by atoms with van der Waals surface area (Å²) in [6, 6.07) is 0. The van der Waals surface area contributed by atoms with E-state index in [0.717, 1.165) is 13.1 Å². The third-order valence-corrected chi connectivity index (χ3v) is 1.45. The summed E-state index contributed by atoms with van der Waals surface area (Å²) in [5, 5.41) is 0. The third-order valence-electron chi connectivity index (χ3n) is 1.45. The number of carbonyl (C=O) groups is 1. The maximum Gasteiger partial charge on any atom is 0.236 e. The lowest BCUT2D eigenvalue weighted by atomic mass is 10.4. The number of likely N-dealkylation sites (tertiary alicyclic amines) is 1. The highest BCUT2D eigenvalue weighted by Crippen LogP contribution is 2.07. The van der Waals surface area contributed by atoms with Crippen molar-refractivity contribution in [2.45, 2.75) is 12.8 Å². The first-order chi connectivity index (χ1) is 4.29. The zero-order valence-electron chi connectivity index (χ0n) is 5.34. The van der Waals surface area contributed by atoms with Crippen molar-refractivity contribution in [3.05, 3.63) is 6.54 Å². The first-order valence-electron chi connectivity index (χ1n) is 3.17. The Kier molecular flexibility index (Phi) is 2.05. The van der Waals surface area contributed by atoms with Crippen LogP contribution in [-0.2, 0) is 4.79 Å². The van der Waals surface area contributed by atoms with Crippen molar-refractivity contribution >= 4 is 5.91 Å². The molecule has 1 heterocycles. The summed E-state index contributed by atoms with van der Waals surface area (Å²) >= 11 is 0. The summed E-state index contributed by atoms with van der Waals surface area (Å²) in [5.41, 5.74) is 4.94. The largest absolute Gasteiger partial charge is 0.368 e. The molecule has 3 heteroatoms. The van der Waals surface area contributed by atoms with E-state index in [2.05, 4.69) is 0 Å². The number of carbonyl (C=O) groups excluding carboxylic acids is 1. The van der Waals surface area contributed by atoms with Gasteiger partial charge in [-0.3, -0.25) is 9.69 Å². The zero-order chi connectivity index (χ0) is 6.69. The van der Waals surface area contributed by atoms with Gasteiger partial charge in [0.05, 0.1) is 0 Å². The number of amides is 1. The highest BCUT2D eigenvalue weighted by molar-refractivity contribution is 5.82. The van der Waals surface area contributed by atoms with Crippen LogP contribution in [0, 0.1) is 6.54 Å². The van der Waals surface area contributed by atoms with Crippen LogP contribution >= 0.6 is 0 Å². The second kappa shape index (κ2) is 2.82. The van der Waals surface area contributed by atoms with E-state index < -0.39 is 0 Å². The highest BCUT2D eigenvalue weighted by Gasteiger charge is 2.12. The second-order valence-electron chi connectivity index (χ2n) is 2.27. The molecular formula is C6H11N2O. The number of nitrogens with two attached hydrogens (primary N) is 1. The Morgan fingerprint density at radius 1 is 1.44 bits per heavy atom. The van der Waals surface area contributed by atoms with Crippen LogP contribution in [0.5, 0.6) is 0 Å². The van der Waals surface area contributed by atoms with Crippen LogP contribution in [0.3, 0.4) is 0 Å². The van der Waals surface area contributed by atoms with Gasteiger partial charge in [0.15, 0.2) is 0 Å². The molecular weight excluding hydrogens is 116 g/mol. The molecule has 1 aliphatic rings. The van der Waals surface area contributed by atoms with Gasteiger partial charge in [0.2, 0.25) is 5.91 Å². The van der Waals surface area contributed by atoms with E-state index >= 15 is 0 Å². The Balaban J connectivity index is 2.19. The molecule has 1 radical (unpaired) electrons. The predicted octanol–water partition coefficient (Wildman–Crippen LogP) is -0.271. The van der Waals surface area contributed by atoms with Gasteiger partial charge in [0.25, 0.3) is 0 Å². The SMILES string of the molecule is NC(=O)[CH]N1CCCC1. The molecule has 0 atom stereocenters. The van der Waals surface area contributed by atoms with E-state index in [1.807, 2.05) is 4.90 Å². The Labute approximate surface area is 54.8 Å². The van der Waals surface area contributed by atoms with Crippen molar-refractivity contribution in [2.75, 3.05) is 13.1 Å². The molecule has 0 aromatic heterocycles. The minimum atomic E-state index is -0.336. The molecule has 3 nitrogen and oxygen atoms in total. The standard InChI is InChI=1S/C6H11N2O/c7-6(9)5-8-3-1-2-4-8/h5H,1-4H2,(H2,7,9). The Morgan fingerprint density at radius 2 is 2.00 bits per heavy atom. The molecule has 2 N–H and O–H groups in total.